The zero-order valence-corrected chi connectivity index (χ0v) is 7.87. The van der Waals surface area contributed by atoms with Crippen molar-refractivity contribution in [2.24, 2.45) is 5.73 Å². The Morgan fingerprint density at radius 2 is 1.92 bits per heavy atom. The zero-order valence-electron chi connectivity index (χ0n) is 7.87. The highest BCUT2D eigenvalue weighted by atomic mass is 16.6. The van der Waals surface area contributed by atoms with Gasteiger partial charge in [0, 0.05) is 0 Å². The maximum atomic E-state index is 10.8. The lowest BCUT2D eigenvalue weighted by atomic mass is 10.4. The van der Waals surface area contributed by atoms with Crippen LogP contribution in [0, 0.1) is 0 Å². The van der Waals surface area contributed by atoms with Crippen LogP contribution in [0.1, 0.15) is 20.8 Å². The van der Waals surface area contributed by atoms with E-state index < -0.39 is 6.04 Å². The Labute approximate surface area is 73.0 Å². The molecule has 0 fully saturated rings. The second-order valence-electron chi connectivity index (χ2n) is 2.88. The van der Waals surface area contributed by atoms with Crippen molar-refractivity contribution in [1.82, 2.24) is 0 Å². The number of carbonyl (C=O) groups is 1. The molecule has 1 unspecified atom stereocenters. The molecule has 0 saturated carbocycles. The van der Waals surface area contributed by atoms with Crippen molar-refractivity contribution in [2.45, 2.75) is 32.9 Å². The van der Waals surface area contributed by atoms with E-state index in [9.17, 15) is 4.79 Å². The van der Waals surface area contributed by atoms with E-state index in [1.807, 2.05) is 13.8 Å². The van der Waals surface area contributed by atoms with Crippen LogP contribution in [0.3, 0.4) is 0 Å². The molecule has 0 aromatic carbocycles. The fraction of sp³-hybridized carbons (Fsp3) is 0.875. The van der Waals surface area contributed by atoms with Gasteiger partial charge in [-0.15, -0.1) is 0 Å². The lowest BCUT2D eigenvalue weighted by molar-refractivity contribution is -0.146. The number of hydrogen-bond acceptors (Lipinski definition) is 4. The topological polar surface area (TPSA) is 61.5 Å². The van der Waals surface area contributed by atoms with Crippen LogP contribution in [-0.4, -0.2) is 31.3 Å². The third-order valence-electron chi connectivity index (χ3n) is 1.15. The molecule has 0 amide bonds. The van der Waals surface area contributed by atoms with Gasteiger partial charge in [0.1, 0.15) is 12.6 Å². The molecule has 0 aromatic rings. The number of hydrogen-bond donors (Lipinski definition) is 1. The van der Waals surface area contributed by atoms with Crippen molar-refractivity contribution >= 4 is 5.97 Å². The number of nitrogens with two attached hydrogens (primary N) is 1. The Morgan fingerprint density at radius 3 is 2.33 bits per heavy atom. The van der Waals surface area contributed by atoms with Crippen LogP contribution in [-0.2, 0) is 14.3 Å². The van der Waals surface area contributed by atoms with Crippen LogP contribution in [0.5, 0.6) is 0 Å². The summed E-state index contributed by atoms with van der Waals surface area (Å²) < 4.78 is 9.92. The highest BCUT2D eigenvalue weighted by Crippen LogP contribution is 1.89. The van der Waals surface area contributed by atoms with Gasteiger partial charge in [0.15, 0.2) is 0 Å². The molecule has 0 saturated heterocycles. The maximum Gasteiger partial charge on any atom is 0.322 e. The summed E-state index contributed by atoms with van der Waals surface area (Å²) in [5, 5.41) is 0. The molecule has 4 heteroatoms. The molecule has 0 bridgehead atoms. The first-order chi connectivity index (χ1) is 5.54. The largest absolute Gasteiger partial charge is 0.462 e. The average Bonchev–Trinajstić information content (AvgIpc) is 1.97. The summed E-state index contributed by atoms with van der Waals surface area (Å²) in [6.45, 7) is 6.14. The molecule has 12 heavy (non-hydrogen) atoms. The van der Waals surface area contributed by atoms with E-state index in [0.717, 1.165) is 0 Å². The highest BCUT2D eigenvalue weighted by molar-refractivity contribution is 5.74. The van der Waals surface area contributed by atoms with Gasteiger partial charge < -0.3 is 15.2 Å². The van der Waals surface area contributed by atoms with Crippen LogP contribution in [0.15, 0.2) is 0 Å². The molecule has 0 aliphatic carbocycles. The predicted octanol–water partition coefficient (Wildman–Crippen LogP) is 0.302. The van der Waals surface area contributed by atoms with Gasteiger partial charge in [-0.1, -0.05) is 0 Å². The fourth-order valence-electron chi connectivity index (χ4n) is 0.558. The van der Waals surface area contributed by atoms with Crippen LogP contribution in [0.25, 0.3) is 0 Å². The van der Waals surface area contributed by atoms with Crippen molar-refractivity contribution in [2.75, 3.05) is 13.2 Å². The molecular formula is C8H17NO3. The standard InChI is InChI=1S/C8H17NO3/c1-6(2)11-4-5-12-8(10)7(3)9/h6-7H,4-5,9H2,1-3H3. The Bertz CT molecular complexity index is 134. The number of rotatable bonds is 5. The Morgan fingerprint density at radius 1 is 1.33 bits per heavy atom. The van der Waals surface area contributed by atoms with Gasteiger partial charge in [-0.2, -0.15) is 0 Å². The minimum atomic E-state index is -0.552. The monoisotopic (exact) mass is 175 g/mol. The van der Waals surface area contributed by atoms with Gasteiger partial charge in [0.05, 0.1) is 12.7 Å². The first-order valence-corrected chi connectivity index (χ1v) is 4.08. The first-order valence-electron chi connectivity index (χ1n) is 4.08. The second kappa shape index (κ2) is 5.97. The molecule has 72 valence electrons. The smallest absolute Gasteiger partial charge is 0.322 e. The van der Waals surface area contributed by atoms with Crippen LogP contribution >= 0.6 is 0 Å². The van der Waals surface area contributed by atoms with Crippen LogP contribution in [0.4, 0.5) is 0 Å². The van der Waals surface area contributed by atoms with Crippen LogP contribution < -0.4 is 5.73 Å². The van der Waals surface area contributed by atoms with Crippen molar-refractivity contribution in [3.8, 4) is 0 Å². The SMILES string of the molecule is CC(C)OCCOC(=O)C(C)N. The zero-order chi connectivity index (χ0) is 9.56. The predicted molar refractivity (Wildman–Crippen MR) is 45.7 cm³/mol. The summed E-state index contributed by atoms with van der Waals surface area (Å²) in [6, 6.07) is -0.552. The fourth-order valence-corrected chi connectivity index (χ4v) is 0.558. The molecule has 0 radical (unpaired) electrons. The molecule has 2 N–H and O–H groups in total. The molecule has 0 heterocycles. The normalized spacial score (nSPS) is 13.1. The van der Waals surface area contributed by atoms with Gasteiger partial charge in [-0.25, -0.2) is 0 Å². The lowest BCUT2D eigenvalue weighted by Crippen LogP contribution is -2.29. The number of esters is 1. The second-order valence-corrected chi connectivity index (χ2v) is 2.88. The summed E-state index contributed by atoms with van der Waals surface area (Å²) in [4.78, 5) is 10.8. The molecule has 4 nitrogen and oxygen atoms in total. The van der Waals surface area contributed by atoms with Crippen LogP contribution in [0.2, 0.25) is 0 Å². The molecule has 1 atom stereocenters. The Balaban J connectivity index is 3.26. The first kappa shape index (κ1) is 11.4. The van der Waals surface area contributed by atoms with Crippen molar-refractivity contribution < 1.29 is 14.3 Å². The third kappa shape index (κ3) is 6.12. The number of ether oxygens (including phenoxy) is 2. The minimum Gasteiger partial charge on any atom is -0.462 e. The molecule has 0 aromatic heterocycles. The quantitative estimate of drug-likeness (QED) is 0.482. The van der Waals surface area contributed by atoms with E-state index in [-0.39, 0.29) is 18.7 Å². The number of carbonyl (C=O) groups excluding carboxylic acids is 1. The summed E-state index contributed by atoms with van der Waals surface area (Å²) in [5.74, 6) is -0.387. The van der Waals surface area contributed by atoms with E-state index in [1.54, 1.807) is 6.92 Å². The molecule has 0 aliphatic heterocycles. The van der Waals surface area contributed by atoms with E-state index in [1.165, 1.54) is 0 Å². The van der Waals surface area contributed by atoms with E-state index in [0.29, 0.717) is 6.61 Å². The van der Waals surface area contributed by atoms with Crippen molar-refractivity contribution in [3.63, 3.8) is 0 Å². The van der Waals surface area contributed by atoms with Crippen molar-refractivity contribution in [1.29, 1.82) is 0 Å². The molecule has 0 rings (SSSR count). The van der Waals surface area contributed by atoms with Gasteiger partial charge in [-0.3, -0.25) is 4.79 Å². The summed E-state index contributed by atoms with van der Waals surface area (Å²) in [7, 11) is 0. The summed E-state index contributed by atoms with van der Waals surface area (Å²) in [6.07, 6.45) is 0.166. The van der Waals surface area contributed by atoms with E-state index in [2.05, 4.69) is 0 Å². The average molecular weight is 175 g/mol. The van der Waals surface area contributed by atoms with Gasteiger partial charge >= 0.3 is 5.97 Å². The maximum absolute atomic E-state index is 10.8. The summed E-state index contributed by atoms with van der Waals surface area (Å²) >= 11 is 0. The van der Waals surface area contributed by atoms with Gasteiger partial charge in [0.2, 0.25) is 0 Å². The van der Waals surface area contributed by atoms with E-state index >= 15 is 0 Å². The van der Waals surface area contributed by atoms with Gasteiger partial charge in [-0.05, 0) is 20.8 Å². The lowest BCUT2D eigenvalue weighted by Gasteiger charge is -2.09. The third-order valence-corrected chi connectivity index (χ3v) is 1.15. The minimum absolute atomic E-state index is 0.166. The molecule has 0 spiro atoms. The van der Waals surface area contributed by atoms with Crippen molar-refractivity contribution in [3.05, 3.63) is 0 Å². The van der Waals surface area contributed by atoms with Gasteiger partial charge in [0.25, 0.3) is 0 Å². The molecule has 0 aliphatic rings. The highest BCUT2D eigenvalue weighted by Gasteiger charge is 2.07. The Hall–Kier alpha value is -0.610. The summed E-state index contributed by atoms with van der Waals surface area (Å²) in [5.41, 5.74) is 5.26. The molecular weight excluding hydrogens is 158 g/mol. The Kier molecular flexibility index (Phi) is 5.66. The van der Waals surface area contributed by atoms with E-state index in [4.69, 9.17) is 15.2 Å².